The Kier molecular flexibility index (Phi) is 1.80. The normalized spacial score (nSPS) is 40.0. The Labute approximate surface area is 91.1 Å². The lowest BCUT2D eigenvalue weighted by Crippen LogP contribution is -2.44. The molecule has 0 aromatic heterocycles. The molecule has 0 heterocycles. The van der Waals surface area contributed by atoms with Gasteiger partial charge < -0.3 is 0 Å². The molecule has 13 heavy (non-hydrogen) atoms. The number of hydrogen-bond acceptors (Lipinski definition) is 2. The molecular weight excluding hydrogens is 196 g/mol. The summed E-state index contributed by atoms with van der Waals surface area (Å²) < 4.78 is 0. The summed E-state index contributed by atoms with van der Waals surface area (Å²) in [4.78, 5) is 2.52. The lowest BCUT2D eigenvalue weighted by molar-refractivity contribution is 0.421. The molecule has 2 aliphatic carbocycles. The van der Waals surface area contributed by atoms with Crippen molar-refractivity contribution in [2.24, 2.45) is 22.7 Å². The fourth-order valence-electron chi connectivity index (χ4n) is 2.94. The third kappa shape index (κ3) is 0.964. The van der Waals surface area contributed by atoms with E-state index in [1.54, 1.807) is 0 Å². The topological polar surface area (TPSA) is 0 Å². The van der Waals surface area contributed by atoms with Crippen LogP contribution in [0.5, 0.6) is 0 Å². The molecule has 0 radical (unpaired) electrons. The predicted molar refractivity (Wildman–Crippen MR) is 64.4 cm³/mol. The minimum atomic E-state index is 0.187. The lowest BCUT2D eigenvalue weighted by atomic mass is 9.66. The highest BCUT2D eigenvalue weighted by molar-refractivity contribution is 7.81. The summed E-state index contributed by atoms with van der Waals surface area (Å²) in [5.41, 5.74) is 0.374. The highest BCUT2D eigenvalue weighted by Crippen LogP contribution is 2.59. The summed E-state index contributed by atoms with van der Waals surface area (Å²) in [5.74, 6) is 1.13. The largest absolute Gasteiger partial charge is 0.0887 e. The van der Waals surface area contributed by atoms with Gasteiger partial charge in [-0.1, -0.05) is 52.1 Å². The average molecular weight is 212 g/mol. The molecule has 0 aromatic carbocycles. The van der Waals surface area contributed by atoms with E-state index in [0.29, 0.717) is 11.8 Å². The van der Waals surface area contributed by atoms with Crippen molar-refractivity contribution in [1.82, 2.24) is 0 Å². The van der Waals surface area contributed by atoms with Crippen molar-refractivity contribution in [1.29, 1.82) is 0 Å². The first-order valence-electron chi connectivity index (χ1n) is 4.88. The zero-order valence-corrected chi connectivity index (χ0v) is 10.3. The highest BCUT2D eigenvalue weighted by Gasteiger charge is 2.60. The molecule has 72 valence electrons. The Morgan fingerprint density at radius 2 is 1.23 bits per heavy atom. The van der Waals surface area contributed by atoms with Gasteiger partial charge in [0.2, 0.25) is 0 Å². The number of rotatable bonds is 0. The minimum absolute atomic E-state index is 0.187. The molecule has 2 fully saturated rings. The first kappa shape index (κ1) is 9.72. The van der Waals surface area contributed by atoms with Crippen molar-refractivity contribution in [2.75, 3.05) is 0 Å². The summed E-state index contributed by atoms with van der Waals surface area (Å²) in [6, 6.07) is 0. The van der Waals surface area contributed by atoms with Gasteiger partial charge in [0.05, 0.1) is 0 Å². The summed E-state index contributed by atoms with van der Waals surface area (Å²) in [6.45, 7) is 9.01. The van der Waals surface area contributed by atoms with E-state index in [4.69, 9.17) is 24.4 Å². The van der Waals surface area contributed by atoms with Gasteiger partial charge in [-0.3, -0.25) is 0 Å². The molecule has 0 saturated heterocycles. The van der Waals surface area contributed by atoms with Crippen LogP contribution in [0.15, 0.2) is 0 Å². The average Bonchev–Trinajstić information content (AvgIpc) is 2.35. The van der Waals surface area contributed by atoms with E-state index in [-0.39, 0.29) is 10.8 Å². The third-order valence-electron chi connectivity index (χ3n) is 4.12. The number of fused-ring (bicyclic) bond motifs is 2. The summed E-state index contributed by atoms with van der Waals surface area (Å²) in [6.07, 6.45) is 1.21. The van der Waals surface area contributed by atoms with E-state index >= 15 is 0 Å². The monoisotopic (exact) mass is 212 g/mol. The fourth-order valence-corrected chi connectivity index (χ4v) is 4.00. The summed E-state index contributed by atoms with van der Waals surface area (Å²) >= 11 is 11.1. The molecule has 2 heteroatoms. The van der Waals surface area contributed by atoms with E-state index in [1.807, 2.05) is 0 Å². The Balaban J connectivity index is 2.49. The molecule has 2 saturated carbocycles. The van der Waals surface area contributed by atoms with Crippen LogP contribution in [0.4, 0.5) is 0 Å². The second-order valence-electron chi connectivity index (χ2n) is 5.51. The van der Waals surface area contributed by atoms with Crippen LogP contribution in [0, 0.1) is 22.7 Å². The van der Waals surface area contributed by atoms with E-state index in [0.717, 1.165) is 0 Å². The second-order valence-corrected chi connectivity index (χ2v) is 6.39. The number of hydrogen-bond donors (Lipinski definition) is 0. The molecule has 0 aliphatic heterocycles. The van der Waals surface area contributed by atoms with Crippen LogP contribution in [-0.2, 0) is 0 Å². The zero-order valence-electron chi connectivity index (χ0n) is 8.68. The molecule has 2 rings (SSSR count). The van der Waals surface area contributed by atoms with Gasteiger partial charge in [-0.25, -0.2) is 0 Å². The van der Waals surface area contributed by atoms with Crippen molar-refractivity contribution in [3.63, 3.8) is 0 Å². The van der Waals surface area contributed by atoms with Crippen molar-refractivity contribution >= 4 is 34.2 Å². The van der Waals surface area contributed by atoms with Crippen molar-refractivity contribution in [3.05, 3.63) is 0 Å². The molecule has 0 spiro atoms. The van der Waals surface area contributed by atoms with Crippen LogP contribution in [0.2, 0.25) is 0 Å². The molecular formula is C11H16S2. The Hall–Kier alpha value is 0.180. The van der Waals surface area contributed by atoms with E-state index in [2.05, 4.69) is 27.7 Å². The van der Waals surface area contributed by atoms with Crippen LogP contribution in [0.25, 0.3) is 0 Å². The van der Waals surface area contributed by atoms with E-state index < -0.39 is 0 Å². The SMILES string of the molecule is CC1(C)C(=S)C2CC1C(=S)C2(C)C. The molecule has 2 bridgehead atoms. The van der Waals surface area contributed by atoms with Crippen molar-refractivity contribution < 1.29 is 0 Å². The van der Waals surface area contributed by atoms with Crippen LogP contribution < -0.4 is 0 Å². The lowest BCUT2D eigenvalue weighted by Gasteiger charge is -2.40. The molecule has 2 aliphatic rings. The highest BCUT2D eigenvalue weighted by atomic mass is 32.1. The summed E-state index contributed by atoms with van der Waals surface area (Å²) in [7, 11) is 0. The maximum absolute atomic E-state index is 5.55. The van der Waals surface area contributed by atoms with Crippen molar-refractivity contribution in [3.8, 4) is 0 Å². The maximum Gasteiger partial charge on any atom is 0.00372 e. The zero-order chi connectivity index (χ0) is 10.0. The predicted octanol–water partition coefficient (Wildman–Crippen LogP) is 3.43. The minimum Gasteiger partial charge on any atom is -0.0887 e. The van der Waals surface area contributed by atoms with Crippen LogP contribution in [-0.4, -0.2) is 9.73 Å². The Morgan fingerprint density at radius 3 is 1.46 bits per heavy atom. The van der Waals surface area contributed by atoms with Crippen LogP contribution >= 0.6 is 24.4 Å². The van der Waals surface area contributed by atoms with Gasteiger partial charge in [-0.15, -0.1) is 0 Å². The third-order valence-corrected chi connectivity index (χ3v) is 5.74. The Morgan fingerprint density at radius 1 is 0.923 bits per heavy atom. The Bertz CT molecular complexity index is 269. The van der Waals surface area contributed by atoms with Gasteiger partial charge in [0.25, 0.3) is 0 Å². The van der Waals surface area contributed by atoms with Crippen molar-refractivity contribution in [2.45, 2.75) is 34.1 Å². The van der Waals surface area contributed by atoms with Gasteiger partial charge in [-0.05, 0) is 6.42 Å². The maximum atomic E-state index is 5.55. The van der Waals surface area contributed by atoms with E-state index in [1.165, 1.54) is 16.1 Å². The molecule has 0 amide bonds. The molecule has 0 nitrogen and oxygen atoms in total. The standard InChI is InChI=1S/C11H16S2/c1-10(2)6-5-7(8(10)12)11(3,4)9(6)13/h6-7H,5H2,1-4H3. The van der Waals surface area contributed by atoms with Gasteiger partial charge >= 0.3 is 0 Å². The first-order valence-corrected chi connectivity index (χ1v) is 5.70. The molecule has 2 unspecified atom stereocenters. The van der Waals surface area contributed by atoms with Gasteiger partial charge in [0, 0.05) is 32.4 Å². The van der Waals surface area contributed by atoms with Gasteiger partial charge in [0.15, 0.2) is 0 Å². The van der Waals surface area contributed by atoms with Gasteiger partial charge in [0.1, 0.15) is 0 Å². The smallest absolute Gasteiger partial charge is 0.00372 e. The molecule has 0 N–H and O–H groups in total. The molecule has 0 aromatic rings. The molecule has 2 atom stereocenters. The van der Waals surface area contributed by atoms with E-state index in [9.17, 15) is 0 Å². The van der Waals surface area contributed by atoms with Crippen LogP contribution in [0.1, 0.15) is 34.1 Å². The van der Waals surface area contributed by atoms with Crippen LogP contribution in [0.3, 0.4) is 0 Å². The fraction of sp³-hybridized carbons (Fsp3) is 0.818. The quantitative estimate of drug-likeness (QED) is 0.564. The van der Waals surface area contributed by atoms with Gasteiger partial charge in [-0.2, -0.15) is 0 Å². The number of thiocarbonyl (C=S) groups is 2. The first-order chi connectivity index (χ1) is 5.79. The summed E-state index contributed by atoms with van der Waals surface area (Å²) in [5, 5.41) is 0. The second kappa shape index (κ2) is 2.40.